The molecular formula is C7H18N2S2. The molecule has 0 radical (unpaired) electrons. The van der Waals surface area contributed by atoms with Gasteiger partial charge in [-0.05, 0) is 31.1 Å². The van der Waals surface area contributed by atoms with Gasteiger partial charge in [0.15, 0.2) is 0 Å². The van der Waals surface area contributed by atoms with E-state index in [-0.39, 0.29) is 6.04 Å². The minimum Gasteiger partial charge on any atom is -0.330 e. The van der Waals surface area contributed by atoms with Crippen LogP contribution in [0.2, 0.25) is 0 Å². The molecule has 0 aromatic heterocycles. The van der Waals surface area contributed by atoms with Crippen molar-refractivity contribution in [1.82, 2.24) is 0 Å². The predicted molar refractivity (Wildman–Crippen MR) is 57.5 cm³/mol. The lowest BCUT2D eigenvalue weighted by molar-refractivity contribution is 0.499. The second-order valence-electron chi connectivity index (χ2n) is 2.80. The highest BCUT2D eigenvalue weighted by atomic mass is 32.1. The quantitative estimate of drug-likeness (QED) is 0.466. The molecule has 2 atom stereocenters. The zero-order chi connectivity index (χ0) is 8.69. The lowest BCUT2D eigenvalue weighted by Gasteiger charge is -2.13. The van der Waals surface area contributed by atoms with E-state index in [0.717, 1.165) is 24.3 Å². The van der Waals surface area contributed by atoms with Gasteiger partial charge in [-0.1, -0.05) is 0 Å². The molecule has 4 heteroatoms. The lowest BCUT2D eigenvalue weighted by atomic mass is 10.0. The summed E-state index contributed by atoms with van der Waals surface area (Å²) in [4.78, 5) is 0. The molecule has 4 N–H and O–H groups in total. The molecule has 0 aromatic rings. The molecule has 0 heterocycles. The zero-order valence-electron chi connectivity index (χ0n) is 6.74. The smallest absolute Gasteiger partial charge is 0.0128 e. The van der Waals surface area contributed by atoms with Crippen LogP contribution in [-0.2, 0) is 0 Å². The lowest BCUT2D eigenvalue weighted by Crippen LogP contribution is -2.25. The number of hydrogen-bond acceptors (Lipinski definition) is 4. The Labute approximate surface area is 79.9 Å². The van der Waals surface area contributed by atoms with E-state index in [9.17, 15) is 0 Å². The van der Waals surface area contributed by atoms with Crippen molar-refractivity contribution in [3.8, 4) is 0 Å². The standard InChI is InChI=1S/C7H18N2S2/c8-3-6(4-10)1-2-7(9)5-11/h6-7,10-11H,1-5,8-9H2/t6-,7-/m0/s1. The molecule has 0 aliphatic rings. The number of nitrogens with two attached hydrogens (primary N) is 2. The van der Waals surface area contributed by atoms with Crippen molar-refractivity contribution in [1.29, 1.82) is 0 Å². The number of thiol groups is 2. The number of rotatable bonds is 6. The van der Waals surface area contributed by atoms with Crippen LogP contribution >= 0.6 is 25.3 Å². The molecule has 0 rings (SSSR count). The molecule has 0 aliphatic heterocycles. The minimum atomic E-state index is 0.215. The van der Waals surface area contributed by atoms with Crippen LogP contribution in [0.3, 0.4) is 0 Å². The highest BCUT2D eigenvalue weighted by Crippen LogP contribution is 2.08. The summed E-state index contributed by atoms with van der Waals surface area (Å²) in [6, 6.07) is 0.215. The molecule has 2 nitrogen and oxygen atoms in total. The highest BCUT2D eigenvalue weighted by Gasteiger charge is 2.06. The van der Waals surface area contributed by atoms with Crippen molar-refractivity contribution in [2.75, 3.05) is 18.1 Å². The fraction of sp³-hybridized carbons (Fsp3) is 1.00. The van der Waals surface area contributed by atoms with Crippen LogP contribution in [-0.4, -0.2) is 24.1 Å². The fourth-order valence-electron chi connectivity index (χ4n) is 0.825. The van der Waals surface area contributed by atoms with Crippen LogP contribution < -0.4 is 11.5 Å². The van der Waals surface area contributed by atoms with Gasteiger partial charge in [0.25, 0.3) is 0 Å². The Kier molecular flexibility index (Phi) is 7.69. The Morgan fingerprint density at radius 2 is 1.73 bits per heavy atom. The average Bonchev–Trinajstić information content (AvgIpc) is 2.06. The van der Waals surface area contributed by atoms with Crippen LogP contribution in [0, 0.1) is 5.92 Å². The topological polar surface area (TPSA) is 52.0 Å². The van der Waals surface area contributed by atoms with E-state index in [4.69, 9.17) is 11.5 Å². The van der Waals surface area contributed by atoms with E-state index < -0.39 is 0 Å². The summed E-state index contributed by atoms with van der Waals surface area (Å²) in [5, 5.41) is 0. The molecule has 0 fully saturated rings. The summed E-state index contributed by atoms with van der Waals surface area (Å²) in [6.45, 7) is 0.711. The monoisotopic (exact) mass is 194 g/mol. The molecule has 0 saturated heterocycles. The van der Waals surface area contributed by atoms with Gasteiger partial charge in [0.2, 0.25) is 0 Å². The molecule has 0 bridgehead atoms. The molecule has 0 unspecified atom stereocenters. The second-order valence-corrected chi connectivity index (χ2v) is 3.53. The molecule has 0 saturated carbocycles. The highest BCUT2D eigenvalue weighted by molar-refractivity contribution is 7.80. The van der Waals surface area contributed by atoms with Crippen LogP contribution in [0.4, 0.5) is 0 Å². The van der Waals surface area contributed by atoms with Crippen molar-refractivity contribution < 1.29 is 0 Å². The first-order valence-electron chi connectivity index (χ1n) is 3.92. The Balaban J connectivity index is 3.34. The van der Waals surface area contributed by atoms with Crippen molar-refractivity contribution in [3.63, 3.8) is 0 Å². The molecular weight excluding hydrogens is 176 g/mol. The minimum absolute atomic E-state index is 0.215. The van der Waals surface area contributed by atoms with Gasteiger partial charge in [0.05, 0.1) is 0 Å². The third kappa shape index (κ3) is 5.84. The van der Waals surface area contributed by atoms with Crippen LogP contribution in [0.15, 0.2) is 0 Å². The van der Waals surface area contributed by atoms with Gasteiger partial charge in [-0.3, -0.25) is 0 Å². The summed E-state index contributed by atoms with van der Waals surface area (Å²) in [7, 11) is 0. The van der Waals surface area contributed by atoms with E-state index >= 15 is 0 Å². The molecule has 0 amide bonds. The van der Waals surface area contributed by atoms with Gasteiger partial charge in [-0.15, -0.1) is 0 Å². The van der Waals surface area contributed by atoms with Gasteiger partial charge in [0, 0.05) is 11.8 Å². The first kappa shape index (κ1) is 11.6. The Bertz CT molecular complexity index is 86.5. The van der Waals surface area contributed by atoms with Crippen molar-refractivity contribution in [2.45, 2.75) is 18.9 Å². The maximum Gasteiger partial charge on any atom is 0.0128 e. The summed E-state index contributed by atoms with van der Waals surface area (Å²) in [6.07, 6.45) is 2.08. The third-order valence-electron chi connectivity index (χ3n) is 1.77. The van der Waals surface area contributed by atoms with E-state index in [2.05, 4.69) is 25.3 Å². The van der Waals surface area contributed by atoms with Gasteiger partial charge in [-0.25, -0.2) is 0 Å². The summed E-state index contributed by atoms with van der Waals surface area (Å²) in [5.41, 5.74) is 11.2. The van der Waals surface area contributed by atoms with Gasteiger partial charge in [-0.2, -0.15) is 25.3 Å². The fourth-order valence-corrected chi connectivity index (χ4v) is 1.34. The largest absolute Gasteiger partial charge is 0.330 e. The first-order valence-corrected chi connectivity index (χ1v) is 5.18. The summed E-state index contributed by atoms with van der Waals surface area (Å²) in [5.74, 6) is 2.13. The van der Waals surface area contributed by atoms with Gasteiger partial charge < -0.3 is 11.5 Å². The first-order chi connectivity index (χ1) is 5.24. The van der Waals surface area contributed by atoms with Crippen molar-refractivity contribution in [3.05, 3.63) is 0 Å². The van der Waals surface area contributed by atoms with Crippen molar-refractivity contribution in [2.24, 2.45) is 17.4 Å². The Morgan fingerprint density at radius 3 is 2.09 bits per heavy atom. The summed E-state index contributed by atoms with van der Waals surface area (Å²) < 4.78 is 0. The molecule has 11 heavy (non-hydrogen) atoms. The van der Waals surface area contributed by atoms with E-state index in [0.29, 0.717) is 12.5 Å². The SMILES string of the molecule is NC[C@@H](CS)CC[C@H](N)CS. The molecule has 0 spiro atoms. The predicted octanol–water partition coefficient (Wildman–Crippen LogP) is 0.528. The normalized spacial score (nSPS) is 16.4. The van der Waals surface area contributed by atoms with E-state index in [1.54, 1.807) is 0 Å². The van der Waals surface area contributed by atoms with E-state index in [1.165, 1.54) is 0 Å². The molecule has 0 aromatic carbocycles. The van der Waals surface area contributed by atoms with E-state index in [1.807, 2.05) is 0 Å². The Hall–Kier alpha value is 0.620. The Morgan fingerprint density at radius 1 is 1.09 bits per heavy atom. The van der Waals surface area contributed by atoms with Crippen LogP contribution in [0.25, 0.3) is 0 Å². The third-order valence-corrected chi connectivity index (χ3v) is 2.76. The van der Waals surface area contributed by atoms with Gasteiger partial charge in [0.1, 0.15) is 0 Å². The average molecular weight is 194 g/mol. The maximum atomic E-state index is 5.69. The zero-order valence-corrected chi connectivity index (χ0v) is 8.53. The summed E-state index contributed by atoms with van der Waals surface area (Å²) >= 11 is 8.29. The van der Waals surface area contributed by atoms with Gasteiger partial charge >= 0.3 is 0 Å². The maximum absolute atomic E-state index is 5.69. The molecule has 0 aliphatic carbocycles. The second kappa shape index (κ2) is 7.28. The van der Waals surface area contributed by atoms with Crippen LogP contribution in [0.1, 0.15) is 12.8 Å². The van der Waals surface area contributed by atoms with Crippen molar-refractivity contribution >= 4 is 25.3 Å². The molecule has 68 valence electrons. The van der Waals surface area contributed by atoms with Crippen LogP contribution in [0.5, 0.6) is 0 Å². The number of hydrogen-bond donors (Lipinski definition) is 4.